The average Bonchev–Trinajstić information content (AvgIpc) is 2.58. The highest BCUT2D eigenvalue weighted by atomic mass is 16.5. The van der Waals surface area contributed by atoms with Gasteiger partial charge in [-0.15, -0.1) is 0 Å². The topological polar surface area (TPSA) is 71.9 Å². The first-order valence-corrected chi connectivity index (χ1v) is 7.92. The Balaban J connectivity index is 1.40. The summed E-state index contributed by atoms with van der Waals surface area (Å²) in [5.41, 5.74) is 1.70. The second kappa shape index (κ2) is 7.79. The van der Waals surface area contributed by atoms with E-state index in [1.54, 1.807) is 12.1 Å². The number of rotatable bonds is 8. The van der Waals surface area contributed by atoms with Gasteiger partial charge in [0, 0.05) is 43.4 Å². The van der Waals surface area contributed by atoms with Crippen LogP contribution in [-0.4, -0.2) is 41.9 Å². The molecule has 1 fully saturated rings. The Morgan fingerprint density at radius 3 is 2.67 bits per heavy atom. The number of nitrogens with zero attached hydrogens (tertiary/aromatic N) is 3. The van der Waals surface area contributed by atoms with Crippen LogP contribution in [0.1, 0.15) is 15.9 Å². The number of hydrogen-bond acceptors (Lipinski definition) is 6. The molecule has 124 valence electrons. The van der Waals surface area contributed by atoms with E-state index in [0.717, 1.165) is 19.6 Å². The molecule has 0 N–H and O–H groups in total. The molecule has 1 aliphatic heterocycles. The molecule has 0 atom stereocenters. The quantitative estimate of drug-likeness (QED) is 0.551. The fraction of sp³-hybridized carbons (Fsp3) is 0.333. The van der Waals surface area contributed by atoms with E-state index in [4.69, 9.17) is 4.74 Å². The van der Waals surface area contributed by atoms with Crippen molar-refractivity contribution in [3.8, 4) is 5.88 Å². The lowest BCUT2D eigenvalue weighted by molar-refractivity contribution is 0.0544. The van der Waals surface area contributed by atoms with E-state index in [-0.39, 0.29) is 12.3 Å². The van der Waals surface area contributed by atoms with Crippen molar-refractivity contribution in [1.29, 1.82) is 0 Å². The number of likely N-dealkylation sites (tertiary alicyclic amines) is 1. The average molecular weight is 325 g/mol. The third kappa shape index (κ3) is 4.23. The first-order valence-electron chi connectivity index (χ1n) is 7.92. The summed E-state index contributed by atoms with van der Waals surface area (Å²) in [6.45, 7) is 3.24. The Morgan fingerprint density at radius 1 is 1.21 bits per heavy atom. The van der Waals surface area contributed by atoms with Gasteiger partial charge in [-0.1, -0.05) is 35.5 Å². The standard InChI is InChI=1S/C18H19N3O3/c22-17(9-20-23)16-6-7-18(19-8-16)24-13-15-11-21(12-15)10-14-4-2-1-3-5-14/h1-8,15H,9-13H2. The van der Waals surface area contributed by atoms with Crippen molar-refractivity contribution in [2.45, 2.75) is 6.54 Å². The number of Topliss-reactive ketones (excluding diaryl/α,β-unsaturated/α-hetero) is 1. The molecule has 6 heteroatoms. The number of ether oxygens (including phenoxy) is 1. The van der Waals surface area contributed by atoms with Crippen molar-refractivity contribution in [3.05, 3.63) is 64.7 Å². The predicted octanol–water partition coefficient (Wildman–Crippen LogP) is 2.54. The van der Waals surface area contributed by atoms with Crippen LogP contribution in [0.3, 0.4) is 0 Å². The number of carbonyl (C=O) groups is 1. The first kappa shape index (κ1) is 16.3. The largest absolute Gasteiger partial charge is 0.477 e. The highest BCUT2D eigenvalue weighted by Gasteiger charge is 2.27. The number of pyridine rings is 1. The van der Waals surface area contributed by atoms with Crippen molar-refractivity contribution in [2.24, 2.45) is 11.1 Å². The van der Waals surface area contributed by atoms with E-state index < -0.39 is 0 Å². The molecular weight excluding hydrogens is 306 g/mol. The summed E-state index contributed by atoms with van der Waals surface area (Å²) in [6, 6.07) is 13.7. The molecule has 0 spiro atoms. The van der Waals surface area contributed by atoms with Gasteiger partial charge in [0.2, 0.25) is 5.88 Å². The SMILES string of the molecule is O=NCC(=O)c1ccc(OCC2CN(Cc3ccccc3)C2)nc1. The van der Waals surface area contributed by atoms with Crippen LogP contribution >= 0.6 is 0 Å². The lowest BCUT2D eigenvalue weighted by Crippen LogP contribution is -2.48. The maximum atomic E-state index is 11.5. The van der Waals surface area contributed by atoms with Crippen molar-refractivity contribution < 1.29 is 9.53 Å². The Bertz CT molecular complexity index is 682. The molecule has 2 aromatic rings. The van der Waals surface area contributed by atoms with Crippen molar-refractivity contribution in [3.63, 3.8) is 0 Å². The van der Waals surface area contributed by atoms with Gasteiger partial charge >= 0.3 is 0 Å². The lowest BCUT2D eigenvalue weighted by Gasteiger charge is -2.38. The van der Waals surface area contributed by atoms with Crippen LogP contribution in [0.2, 0.25) is 0 Å². The van der Waals surface area contributed by atoms with E-state index in [2.05, 4.69) is 39.3 Å². The monoisotopic (exact) mass is 325 g/mol. The Kier molecular flexibility index (Phi) is 5.28. The third-order valence-corrected chi connectivity index (χ3v) is 4.02. The third-order valence-electron chi connectivity index (χ3n) is 4.02. The Labute approximate surface area is 140 Å². The van der Waals surface area contributed by atoms with Gasteiger partial charge in [-0.2, -0.15) is 4.91 Å². The van der Waals surface area contributed by atoms with Crippen LogP contribution < -0.4 is 4.74 Å². The molecule has 1 aromatic heterocycles. The summed E-state index contributed by atoms with van der Waals surface area (Å²) < 4.78 is 5.67. The van der Waals surface area contributed by atoms with Crippen LogP contribution in [0, 0.1) is 10.8 Å². The minimum absolute atomic E-state index is 0.334. The van der Waals surface area contributed by atoms with Gasteiger partial charge in [-0.3, -0.25) is 9.69 Å². The molecule has 0 amide bonds. The van der Waals surface area contributed by atoms with E-state index in [0.29, 0.717) is 24.0 Å². The summed E-state index contributed by atoms with van der Waals surface area (Å²) in [4.78, 5) is 28.1. The van der Waals surface area contributed by atoms with Crippen LogP contribution in [0.5, 0.6) is 5.88 Å². The number of carbonyl (C=O) groups excluding carboxylic acids is 1. The minimum Gasteiger partial charge on any atom is -0.477 e. The highest BCUT2D eigenvalue weighted by molar-refractivity contribution is 5.97. The van der Waals surface area contributed by atoms with Gasteiger partial charge in [0.15, 0.2) is 5.78 Å². The molecule has 0 radical (unpaired) electrons. The van der Waals surface area contributed by atoms with Crippen molar-refractivity contribution >= 4 is 5.78 Å². The second-order valence-corrected chi connectivity index (χ2v) is 5.95. The van der Waals surface area contributed by atoms with E-state index in [1.165, 1.54) is 11.8 Å². The summed E-state index contributed by atoms with van der Waals surface area (Å²) in [5.74, 6) is 0.655. The number of nitroso groups, excluding NO2 is 1. The van der Waals surface area contributed by atoms with E-state index in [9.17, 15) is 9.70 Å². The van der Waals surface area contributed by atoms with Gasteiger partial charge in [0.1, 0.15) is 6.54 Å². The van der Waals surface area contributed by atoms with Crippen LogP contribution in [0.15, 0.2) is 53.8 Å². The van der Waals surface area contributed by atoms with Gasteiger partial charge in [-0.25, -0.2) is 4.98 Å². The molecule has 0 unspecified atom stereocenters. The molecule has 0 aliphatic carbocycles. The molecule has 0 saturated carbocycles. The van der Waals surface area contributed by atoms with Crippen LogP contribution in [0.4, 0.5) is 0 Å². The lowest BCUT2D eigenvalue weighted by atomic mass is 10.0. The van der Waals surface area contributed by atoms with Gasteiger partial charge < -0.3 is 4.74 Å². The minimum atomic E-state index is -0.360. The zero-order chi connectivity index (χ0) is 16.8. The molecule has 0 bridgehead atoms. The maximum absolute atomic E-state index is 11.5. The smallest absolute Gasteiger partial charge is 0.213 e. The van der Waals surface area contributed by atoms with Gasteiger partial charge in [0.05, 0.1) is 6.61 Å². The first-order chi connectivity index (χ1) is 11.7. The molecule has 2 heterocycles. The zero-order valence-corrected chi connectivity index (χ0v) is 13.3. The van der Waals surface area contributed by atoms with Gasteiger partial charge in [-0.05, 0) is 11.6 Å². The number of hydrogen-bond donors (Lipinski definition) is 0. The fourth-order valence-corrected chi connectivity index (χ4v) is 2.74. The van der Waals surface area contributed by atoms with E-state index >= 15 is 0 Å². The fourth-order valence-electron chi connectivity index (χ4n) is 2.74. The molecule has 3 rings (SSSR count). The summed E-state index contributed by atoms with van der Waals surface area (Å²) in [6.07, 6.45) is 1.42. The highest BCUT2D eigenvalue weighted by Crippen LogP contribution is 2.20. The Morgan fingerprint density at radius 2 is 2.00 bits per heavy atom. The summed E-state index contributed by atoms with van der Waals surface area (Å²) >= 11 is 0. The number of benzene rings is 1. The number of aromatic nitrogens is 1. The van der Waals surface area contributed by atoms with Crippen molar-refractivity contribution in [2.75, 3.05) is 26.2 Å². The molecule has 1 saturated heterocycles. The summed E-state index contributed by atoms with van der Waals surface area (Å²) in [7, 11) is 0. The second-order valence-electron chi connectivity index (χ2n) is 5.95. The normalized spacial score (nSPS) is 14.8. The molecule has 1 aromatic carbocycles. The molecule has 1 aliphatic rings. The zero-order valence-electron chi connectivity index (χ0n) is 13.3. The molecular formula is C18H19N3O3. The maximum Gasteiger partial charge on any atom is 0.213 e. The van der Waals surface area contributed by atoms with Gasteiger partial charge in [0.25, 0.3) is 0 Å². The predicted molar refractivity (Wildman–Crippen MR) is 89.9 cm³/mol. The molecule has 6 nitrogen and oxygen atoms in total. The van der Waals surface area contributed by atoms with E-state index in [1.807, 2.05) is 6.07 Å². The summed E-state index contributed by atoms with van der Waals surface area (Å²) in [5, 5.41) is 2.59. The number of ketones is 1. The Hall–Kier alpha value is -2.60. The van der Waals surface area contributed by atoms with Crippen LogP contribution in [0.25, 0.3) is 0 Å². The molecule has 24 heavy (non-hydrogen) atoms. The van der Waals surface area contributed by atoms with Crippen molar-refractivity contribution in [1.82, 2.24) is 9.88 Å². The van der Waals surface area contributed by atoms with Crippen LogP contribution in [-0.2, 0) is 6.54 Å².